The van der Waals surface area contributed by atoms with E-state index in [0.717, 1.165) is 46.0 Å². The van der Waals surface area contributed by atoms with Gasteiger partial charge in [-0.15, -0.1) is 0 Å². The fourth-order valence-corrected chi connectivity index (χ4v) is 5.34. The molecule has 0 unspecified atom stereocenters. The molecule has 1 N–H and O–H groups in total. The lowest BCUT2D eigenvalue weighted by Crippen LogP contribution is -2.42. The Morgan fingerprint density at radius 2 is 1.77 bits per heavy atom. The summed E-state index contributed by atoms with van der Waals surface area (Å²) in [5.41, 5.74) is 7.26. The summed E-state index contributed by atoms with van der Waals surface area (Å²) in [5, 5.41) is 13.3. The first-order chi connectivity index (χ1) is 18.6. The topological polar surface area (TPSA) is 58.4 Å². The Hall–Kier alpha value is -4.33. The summed E-state index contributed by atoms with van der Waals surface area (Å²) in [6.45, 7) is 2.13. The minimum absolute atomic E-state index is 0.0618. The number of fused-ring (bicyclic) bond motifs is 1. The molecule has 0 radical (unpaired) electrons. The van der Waals surface area contributed by atoms with Gasteiger partial charge >= 0.3 is 12.1 Å². The predicted octanol–water partition coefficient (Wildman–Crippen LogP) is 6.83. The van der Waals surface area contributed by atoms with Crippen LogP contribution in [0.5, 0.6) is 0 Å². The van der Waals surface area contributed by atoms with Gasteiger partial charge in [0.2, 0.25) is 0 Å². The zero-order valence-electron chi connectivity index (χ0n) is 21.6. The van der Waals surface area contributed by atoms with Gasteiger partial charge in [0.15, 0.2) is 0 Å². The Kier molecular flexibility index (Phi) is 7.04. The SMILES string of the molecule is C[C@@H]1Cc2cc(-c3cnn(C)c3)ccc2[C@@H](c2ccc(/C=C/C(=O)O)cc2)N1c1ccc(CC(F)(F)F)cc1. The zero-order chi connectivity index (χ0) is 27.7. The molecule has 39 heavy (non-hydrogen) atoms. The van der Waals surface area contributed by atoms with E-state index in [0.29, 0.717) is 0 Å². The van der Waals surface area contributed by atoms with Crippen LogP contribution in [0.4, 0.5) is 18.9 Å². The summed E-state index contributed by atoms with van der Waals surface area (Å²) in [6.07, 6.45) is 2.00. The van der Waals surface area contributed by atoms with Crippen molar-refractivity contribution in [2.45, 2.75) is 38.0 Å². The standard InChI is InChI=1S/C31H28F3N3O2/c1-20-15-25-16-24(26-18-35-36(2)19-26)10-13-28(25)30(23-8-3-21(4-9-23)7-14-29(38)39)37(20)27-11-5-22(6-12-27)17-31(32,33)34/h3-14,16,18-20,30H,15,17H2,1-2H3,(H,38,39)/b14-7+/t20-,30-/m1/s1. The van der Waals surface area contributed by atoms with Crippen molar-refractivity contribution in [2.24, 2.45) is 7.05 Å². The van der Waals surface area contributed by atoms with Crippen LogP contribution < -0.4 is 4.90 Å². The molecule has 0 spiro atoms. The van der Waals surface area contributed by atoms with Crippen LogP contribution >= 0.6 is 0 Å². The number of carboxylic acids is 1. The van der Waals surface area contributed by atoms with Crippen molar-refractivity contribution in [3.8, 4) is 11.1 Å². The molecule has 2 atom stereocenters. The quantitative estimate of drug-likeness (QED) is 0.277. The second kappa shape index (κ2) is 10.4. The fourth-order valence-electron chi connectivity index (χ4n) is 5.34. The highest BCUT2D eigenvalue weighted by atomic mass is 19.4. The number of carboxylic acid groups (broad SMARTS) is 1. The lowest BCUT2D eigenvalue weighted by atomic mass is 9.83. The Morgan fingerprint density at radius 3 is 2.38 bits per heavy atom. The molecule has 5 nitrogen and oxygen atoms in total. The van der Waals surface area contributed by atoms with Crippen LogP contribution in [0.15, 0.2) is 85.2 Å². The number of nitrogens with zero attached hydrogens (tertiary/aromatic N) is 3. The van der Waals surface area contributed by atoms with Gasteiger partial charge in [-0.3, -0.25) is 4.68 Å². The van der Waals surface area contributed by atoms with Crippen molar-refractivity contribution >= 4 is 17.7 Å². The monoisotopic (exact) mass is 531 g/mol. The first-order valence-electron chi connectivity index (χ1n) is 12.6. The summed E-state index contributed by atoms with van der Waals surface area (Å²) in [5.74, 6) is -1.02. The second-order valence-electron chi connectivity index (χ2n) is 9.98. The molecule has 0 bridgehead atoms. The maximum absolute atomic E-state index is 12.9. The number of rotatable bonds is 6. The molecule has 2 heterocycles. The highest BCUT2D eigenvalue weighted by Gasteiger charge is 2.34. The zero-order valence-corrected chi connectivity index (χ0v) is 21.6. The molecule has 8 heteroatoms. The highest BCUT2D eigenvalue weighted by Crippen LogP contribution is 2.42. The Morgan fingerprint density at radius 1 is 1.05 bits per heavy atom. The summed E-state index contributed by atoms with van der Waals surface area (Å²) in [6, 6.07) is 20.6. The van der Waals surface area contributed by atoms with Gasteiger partial charge in [-0.1, -0.05) is 54.6 Å². The summed E-state index contributed by atoms with van der Waals surface area (Å²) in [4.78, 5) is 13.2. The summed E-state index contributed by atoms with van der Waals surface area (Å²) in [7, 11) is 1.88. The van der Waals surface area contributed by atoms with Crippen molar-refractivity contribution in [1.82, 2.24) is 9.78 Å². The Balaban J connectivity index is 1.57. The number of halogens is 3. The van der Waals surface area contributed by atoms with Crippen molar-refractivity contribution in [3.05, 3.63) is 113 Å². The second-order valence-corrected chi connectivity index (χ2v) is 9.98. The number of aliphatic carboxylic acids is 1. The number of anilines is 1. The van der Waals surface area contributed by atoms with Crippen LogP contribution in [0, 0.1) is 0 Å². The van der Waals surface area contributed by atoms with Gasteiger partial charge in [0.25, 0.3) is 0 Å². The number of hydrogen-bond donors (Lipinski definition) is 1. The average molecular weight is 532 g/mol. The van der Waals surface area contributed by atoms with E-state index in [2.05, 4.69) is 35.1 Å². The molecular formula is C31H28F3N3O2. The number of carbonyl (C=O) groups is 1. The van der Waals surface area contributed by atoms with E-state index in [4.69, 9.17) is 5.11 Å². The van der Waals surface area contributed by atoms with Gasteiger partial charge in [0, 0.05) is 36.6 Å². The van der Waals surface area contributed by atoms with E-state index >= 15 is 0 Å². The number of aromatic nitrogens is 2. The van der Waals surface area contributed by atoms with Gasteiger partial charge in [-0.05, 0) is 64.9 Å². The predicted molar refractivity (Wildman–Crippen MR) is 145 cm³/mol. The van der Waals surface area contributed by atoms with Gasteiger partial charge < -0.3 is 10.0 Å². The minimum Gasteiger partial charge on any atom is -0.478 e. The third kappa shape index (κ3) is 5.90. The number of benzene rings is 3. The van der Waals surface area contributed by atoms with E-state index in [9.17, 15) is 18.0 Å². The maximum atomic E-state index is 12.9. The molecule has 1 aliphatic rings. The largest absolute Gasteiger partial charge is 0.478 e. The molecule has 0 amide bonds. The smallest absolute Gasteiger partial charge is 0.393 e. The van der Waals surface area contributed by atoms with Crippen molar-refractivity contribution in [3.63, 3.8) is 0 Å². The van der Waals surface area contributed by atoms with Crippen molar-refractivity contribution < 1.29 is 23.1 Å². The summed E-state index contributed by atoms with van der Waals surface area (Å²) >= 11 is 0. The summed E-state index contributed by atoms with van der Waals surface area (Å²) < 4.78 is 40.6. The van der Waals surface area contributed by atoms with Gasteiger partial charge in [0.05, 0.1) is 18.7 Å². The van der Waals surface area contributed by atoms with E-state index in [1.807, 2.05) is 43.7 Å². The molecule has 0 saturated carbocycles. The van der Waals surface area contributed by atoms with E-state index in [1.54, 1.807) is 35.0 Å². The van der Waals surface area contributed by atoms with Crippen LogP contribution in [-0.4, -0.2) is 33.1 Å². The van der Waals surface area contributed by atoms with Gasteiger partial charge in [0.1, 0.15) is 0 Å². The first-order valence-corrected chi connectivity index (χ1v) is 12.6. The first kappa shape index (κ1) is 26.3. The maximum Gasteiger partial charge on any atom is 0.393 e. The van der Waals surface area contributed by atoms with Crippen LogP contribution in [0.3, 0.4) is 0 Å². The molecule has 1 aromatic heterocycles. The highest BCUT2D eigenvalue weighted by molar-refractivity contribution is 5.85. The molecule has 1 aliphatic heterocycles. The molecule has 5 rings (SSSR count). The van der Waals surface area contributed by atoms with E-state index < -0.39 is 18.6 Å². The molecule has 200 valence electrons. The van der Waals surface area contributed by atoms with E-state index in [1.165, 1.54) is 5.56 Å². The molecule has 3 aromatic carbocycles. The number of alkyl halides is 3. The van der Waals surface area contributed by atoms with Crippen LogP contribution in [-0.2, 0) is 24.7 Å². The minimum atomic E-state index is -4.26. The molecule has 4 aromatic rings. The number of hydrogen-bond acceptors (Lipinski definition) is 3. The van der Waals surface area contributed by atoms with Gasteiger partial charge in [-0.25, -0.2) is 4.79 Å². The Labute approximate surface area is 224 Å². The molecule has 0 aliphatic carbocycles. The third-order valence-corrected chi connectivity index (χ3v) is 7.05. The van der Waals surface area contributed by atoms with Crippen molar-refractivity contribution in [2.75, 3.05) is 4.90 Å². The van der Waals surface area contributed by atoms with Gasteiger partial charge in [-0.2, -0.15) is 18.3 Å². The van der Waals surface area contributed by atoms with Crippen LogP contribution in [0.1, 0.15) is 40.8 Å². The lowest BCUT2D eigenvalue weighted by Gasteiger charge is -2.44. The molecule has 0 fully saturated rings. The average Bonchev–Trinajstić information content (AvgIpc) is 3.32. The molecule has 0 saturated heterocycles. The van der Waals surface area contributed by atoms with Crippen molar-refractivity contribution in [1.29, 1.82) is 0 Å². The lowest BCUT2D eigenvalue weighted by molar-refractivity contribution is -0.131. The van der Waals surface area contributed by atoms with E-state index in [-0.39, 0.29) is 17.6 Å². The van der Waals surface area contributed by atoms with Crippen LogP contribution in [0.25, 0.3) is 17.2 Å². The normalized spacial score (nSPS) is 17.4. The third-order valence-electron chi connectivity index (χ3n) is 7.05. The molecular weight excluding hydrogens is 503 g/mol. The fraction of sp³-hybridized carbons (Fsp3) is 0.226. The Bertz CT molecular complexity index is 1510. The van der Waals surface area contributed by atoms with Crippen LogP contribution in [0.2, 0.25) is 0 Å². The number of aryl methyl sites for hydroxylation is 1.